The summed E-state index contributed by atoms with van der Waals surface area (Å²) in [6.45, 7) is 4.60. The molecule has 0 bridgehead atoms. The third-order valence-electron chi connectivity index (χ3n) is 2.76. The van der Waals surface area contributed by atoms with E-state index in [1.54, 1.807) is 20.9 Å². The molecule has 20 heavy (non-hydrogen) atoms. The standard InChI is InChI=1S/C13H18N2O5/c1-7(14-9(3)16)12(17)15(4)6-10-5-11(13(18)19)8(2)20-10/h5,7H,6H2,1-4H3,(H,14,16)(H,18,19). The first-order chi connectivity index (χ1) is 9.22. The summed E-state index contributed by atoms with van der Waals surface area (Å²) in [5.74, 6) is -0.973. The molecule has 0 saturated carbocycles. The summed E-state index contributed by atoms with van der Waals surface area (Å²) in [6, 6.07) is 0.748. The largest absolute Gasteiger partial charge is 0.478 e. The van der Waals surface area contributed by atoms with Gasteiger partial charge < -0.3 is 19.7 Å². The molecular formula is C13H18N2O5. The molecule has 1 unspecified atom stereocenters. The molecule has 7 heteroatoms. The van der Waals surface area contributed by atoms with Gasteiger partial charge in [0.05, 0.1) is 6.54 Å². The topological polar surface area (TPSA) is 99.9 Å². The van der Waals surface area contributed by atoms with Crippen LogP contribution in [0.3, 0.4) is 0 Å². The average Bonchev–Trinajstić information content (AvgIpc) is 2.68. The Labute approximate surface area is 116 Å². The van der Waals surface area contributed by atoms with E-state index in [4.69, 9.17) is 9.52 Å². The molecule has 0 saturated heterocycles. The Kier molecular flexibility index (Phi) is 4.90. The number of rotatable bonds is 5. The van der Waals surface area contributed by atoms with Gasteiger partial charge >= 0.3 is 5.97 Å². The zero-order valence-corrected chi connectivity index (χ0v) is 11.9. The number of nitrogens with one attached hydrogen (secondary N) is 1. The fourth-order valence-corrected chi connectivity index (χ4v) is 1.84. The maximum absolute atomic E-state index is 12.0. The smallest absolute Gasteiger partial charge is 0.339 e. The highest BCUT2D eigenvalue weighted by Crippen LogP contribution is 2.16. The SMILES string of the molecule is CC(=O)NC(C)C(=O)N(C)Cc1cc(C(=O)O)c(C)o1. The fourth-order valence-electron chi connectivity index (χ4n) is 1.84. The van der Waals surface area contributed by atoms with Gasteiger partial charge in [0.15, 0.2) is 0 Å². The number of aromatic carboxylic acids is 1. The van der Waals surface area contributed by atoms with Crippen LogP contribution in [0.15, 0.2) is 10.5 Å². The van der Waals surface area contributed by atoms with Crippen LogP contribution in [0.5, 0.6) is 0 Å². The summed E-state index contributed by atoms with van der Waals surface area (Å²) < 4.78 is 5.30. The van der Waals surface area contributed by atoms with Crippen LogP contribution in [0.25, 0.3) is 0 Å². The number of hydrogen-bond donors (Lipinski definition) is 2. The lowest BCUT2D eigenvalue weighted by Gasteiger charge is -2.20. The van der Waals surface area contributed by atoms with Gasteiger partial charge in [-0.2, -0.15) is 0 Å². The number of carbonyl (C=O) groups excluding carboxylic acids is 2. The lowest BCUT2D eigenvalue weighted by molar-refractivity contribution is -0.135. The molecule has 1 atom stereocenters. The molecule has 0 fully saturated rings. The maximum Gasteiger partial charge on any atom is 0.339 e. The Morgan fingerprint density at radius 1 is 1.45 bits per heavy atom. The van der Waals surface area contributed by atoms with Crippen molar-refractivity contribution in [1.82, 2.24) is 10.2 Å². The van der Waals surface area contributed by atoms with Gasteiger partial charge in [-0.05, 0) is 19.9 Å². The van der Waals surface area contributed by atoms with Crippen molar-refractivity contribution in [1.29, 1.82) is 0 Å². The van der Waals surface area contributed by atoms with Crippen LogP contribution >= 0.6 is 0 Å². The molecule has 1 aromatic rings. The molecule has 1 rings (SSSR count). The summed E-state index contributed by atoms with van der Waals surface area (Å²) in [6.07, 6.45) is 0. The third kappa shape index (κ3) is 3.84. The van der Waals surface area contributed by atoms with Crippen LogP contribution < -0.4 is 5.32 Å². The molecule has 0 aromatic carbocycles. The van der Waals surface area contributed by atoms with Gasteiger partial charge in [0, 0.05) is 14.0 Å². The molecule has 0 aliphatic heterocycles. The van der Waals surface area contributed by atoms with Crippen molar-refractivity contribution in [2.24, 2.45) is 0 Å². The zero-order chi connectivity index (χ0) is 15.4. The van der Waals surface area contributed by atoms with Crippen LogP contribution in [0, 0.1) is 6.92 Å². The molecule has 110 valence electrons. The van der Waals surface area contributed by atoms with E-state index in [2.05, 4.69) is 5.32 Å². The average molecular weight is 282 g/mol. The third-order valence-corrected chi connectivity index (χ3v) is 2.76. The molecule has 2 amide bonds. The summed E-state index contributed by atoms with van der Waals surface area (Å²) in [5.41, 5.74) is 0.0794. The Morgan fingerprint density at radius 2 is 2.05 bits per heavy atom. The number of carboxylic acid groups (broad SMARTS) is 1. The van der Waals surface area contributed by atoms with Crippen molar-refractivity contribution in [2.75, 3.05) is 7.05 Å². The normalized spacial score (nSPS) is 11.8. The van der Waals surface area contributed by atoms with E-state index in [0.29, 0.717) is 11.5 Å². The minimum atomic E-state index is -1.07. The van der Waals surface area contributed by atoms with Crippen LogP contribution in [-0.4, -0.2) is 40.9 Å². The molecule has 0 aliphatic carbocycles. The second-order valence-corrected chi connectivity index (χ2v) is 4.60. The van der Waals surface area contributed by atoms with Crippen LogP contribution in [0.4, 0.5) is 0 Å². The number of amides is 2. The van der Waals surface area contributed by atoms with Gasteiger partial charge in [0.2, 0.25) is 11.8 Å². The number of furan rings is 1. The Balaban J connectivity index is 2.73. The van der Waals surface area contributed by atoms with Crippen molar-refractivity contribution >= 4 is 17.8 Å². The first-order valence-electron chi connectivity index (χ1n) is 6.07. The quantitative estimate of drug-likeness (QED) is 0.831. The van der Waals surface area contributed by atoms with Gasteiger partial charge in [-0.3, -0.25) is 9.59 Å². The number of aryl methyl sites for hydroxylation is 1. The van der Waals surface area contributed by atoms with Gasteiger partial charge in [-0.25, -0.2) is 4.79 Å². The van der Waals surface area contributed by atoms with Gasteiger partial charge in [-0.1, -0.05) is 0 Å². The first kappa shape index (κ1) is 15.7. The van der Waals surface area contributed by atoms with E-state index in [1.165, 1.54) is 17.9 Å². The molecule has 0 aliphatic rings. The number of hydrogen-bond acceptors (Lipinski definition) is 4. The molecular weight excluding hydrogens is 264 g/mol. The van der Waals surface area contributed by atoms with E-state index < -0.39 is 12.0 Å². The van der Waals surface area contributed by atoms with Crippen molar-refractivity contribution in [3.05, 3.63) is 23.2 Å². The lowest BCUT2D eigenvalue weighted by atomic mass is 10.2. The maximum atomic E-state index is 12.0. The summed E-state index contributed by atoms with van der Waals surface area (Å²) in [4.78, 5) is 35.1. The van der Waals surface area contributed by atoms with E-state index in [1.807, 2.05) is 0 Å². The monoisotopic (exact) mass is 282 g/mol. The Bertz CT molecular complexity index is 535. The fraction of sp³-hybridized carbons (Fsp3) is 0.462. The zero-order valence-electron chi connectivity index (χ0n) is 11.9. The predicted molar refractivity (Wildman–Crippen MR) is 70.2 cm³/mol. The number of likely N-dealkylation sites (N-methyl/N-ethyl adjacent to an activating group) is 1. The van der Waals surface area contributed by atoms with Crippen LogP contribution in [0.1, 0.15) is 35.7 Å². The Hall–Kier alpha value is -2.31. The lowest BCUT2D eigenvalue weighted by Crippen LogP contribution is -2.44. The van der Waals surface area contributed by atoms with Gasteiger partial charge in [0.25, 0.3) is 0 Å². The number of carboxylic acids is 1. The van der Waals surface area contributed by atoms with E-state index in [9.17, 15) is 14.4 Å². The van der Waals surface area contributed by atoms with Crippen LogP contribution in [0.2, 0.25) is 0 Å². The van der Waals surface area contributed by atoms with Crippen molar-refractivity contribution < 1.29 is 23.9 Å². The second-order valence-electron chi connectivity index (χ2n) is 4.60. The minimum Gasteiger partial charge on any atom is -0.478 e. The van der Waals surface area contributed by atoms with Crippen LogP contribution in [-0.2, 0) is 16.1 Å². The number of nitrogens with zero attached hydrogens (tertiary/aromatic N) is 1. The summed E-state index contributed by atoms with van der Waals surface area (Å²) >= 11 is 0. The Morgan fingerprint density at radius 3 is 2.50 bits per heavy atom. The highest BCUT2D eigenvalue weighted by atomic mass is 16.4. The first-order valence-corrected chi connectivity index (χ1v) is 6.07. The molecule has 0 radical (unpaired) electrons. The summed E-state index contributed by atoms with van der Waals surface area (Å²) in [7, 11) is 1.55. The predicted octanol–water partition coefficient (Wildman–Crippen LogP) is 0.769. The van der Waals surface area contributed by atoms with E-state index in [-0.39, 0.29) is 23.9 Å². The molecule has 0 spiro atoms. The minimum absolute atomic E-state index is 0.0794. The van der Waals surface area contributed by atoms with Gasteiger partial charge in [0.1, 0.15) is 23.1 Å². The summed E-state index contributed by atoms with van der Waals surface area (Å²) in [5, 5.41) is 11.4. The van der Waals surface area contributed by atoms with Gasteiger partial charge in [-0.15, -0.1) is 0 Å². The molecule has 1 aromatic heterocycles. The highest BCUT2D eigenvalue weighted by Gasteiger charge is 2.20. The van der Waals surface area contributed by atoms with E-state index in [0.717, 1.165) is 0 Å². The van der Waals surface area contributed by atoms with Crippen molar-refractivity contribution in [3.63, 3.8) is 0 Å². The molecule has 1 heterocycles. The number of carbonyl (C=O) groups is 3. The highest BCUT2D eigenvalue weighted by molar-refractivity contribution is 5.89. The van der Waals surface area contributed by atoms with E-state index >= 15 is 0 Å². The van der Waals surface area contributed by atoms with Crippen molar-refractivity contribution in [2.45, 2.75) is 33.4 Å². The second kappa shape index (κ2) is 6.23. The van der Waals surface area contributed by atoms with Crippen molar-refractivity contribution in [3.8, 4) is 0 Å². The molecule has 2 N–H and O–H groups in total. The molecule has 7 nitrogen and oxygen atoms in total.